The quantitative estimate of drug-likeness (QED) is 0.638. The standard InChI is InChI=1S/C16H14F4O4S/c1-10-2-5-12(6-3-10)25(22,23)24-9-15(21)11-4-7-14(17)13(8-11)16(18,19)20/h2-8,15,21H,9H2,1H3/t15-/m0/s1. The third-order valence-electron chi connectivity index (χ3n) is 3.37. The molecule has 0 aliphatic heterocycles. The zero-order chi connectivity index (χ0) is 18.8. The maximum absolute atomic E-state index is 13.2. The smallest absolute Gasteiger partial charge is 0.386 e. The normalized spacial score (nSPS) is 13.7. The summed E-state index contributed by atoms with van der Waals surface area (Å²) in [4.78, 5) is -0.152. The molecule has 0 saturated heterocycles. The van der Waals surface area contributed by atoms with Crippen LogP contribution in [0.5, 0.6) is 0 Å². The average Bonchev–Trinajstić information content (AvgIpc) is 2.52. The number of aryl methyl sites for hydroxylation is 1. The Kier molecular flexibility index (Phi) is 5.50. The summed E-state index contributed by atoms with van der Waals surface area (Å²) in [6, 6.07) is 7.59. The van der Waals surface area contributed by atoms with Gasteiger partial charge >= 0.3 is 6.18 Å². The van der Waals surface area contributed by atoms with Gasteiger partial charge in [-0.3, -0.25) is 4.18 Å². The van der Waals surface area contributed by atoms with Gasteiger partial charge in [0.25, 0.3) is 10.1 Å². The van der Waals surface area contributed by atoms with E-state index in [1.165, 1.54) is 12.1 Å². The molecule has 1 N–H and O–H groups in total. The highest BCUT2D eigenvalue weighted by Crippen LogP contribution is 2.33. The lowest BCUT2D eigenvalue weighted by atomic mass is 10.1. The molecule has 2 rings (SSSR count). The Morgan fingerprint density at radius 1 is 1.12 bits per heavy atom. The summed E-state index contributed by atoms with van der Waals surface area (Å²) in [5.74, 6) is -1.49. The molecule has 0 aliphatic rings. The van der Waals surface area contributed by atoms with Gasteiger partial charge in [-0.2, -0.15) is 21.6 Å². The first kappa shape index (κ1) is 19.4. The summed E-state index contributed by atoms with van der Waals surface area (Å²) in [5, 5.41) is 9.88. The van der Waals surface area contributed by atoms with Crippen molar-refractivity contribution in [3.8, 4) is 0 Å². The van der Waals surface area contributed by atoms with Gasteiger partial charge in [0.05, 0.1) is 17.1 Å². The van der Waals surface area contributed by atoms with Crippen molar-refractivity contribution < 1.29 is 35.3 Å². The topological polar surface area (TPSA) is 63.6 Å². The molecule has 0 spiro atoms. The third kappa shape index (κ3) is 4.77. The van der Waals surface area contributed by atoms with E-state index < -0.39 is 40.4 Å². The second-order valence-corrected chi connectivity index (χ2v) is 6.92. The number of rotatable bonds is 5. The highest BCUT2D eigenvalue weighted by atomic mass is 32.2. The molecule has 9 heteroatoms. The molecule has 136 valence electrons. The van der Waals surface area contributed by atoms with Crippen LogP contribution in [0.1, 0.15) is 22.8 Å². The van der Waals surface area contributed by atoms with Crippen LogP contribution in [0.15, 0.2) is 47.4 Å². The minimum Gasteiger partial charge on any atom is -0.386 e. The Balaban J connectivity index is 2.15. The molecule has 1 atom stereocenters. The van der Waals surface area contributed by atoms with Crippen molar-refractivity contribution in [3.63, 3.8) is 0 Å². The molecule has 0 bridgehead atoms. The molecule has 2 aromatic rings. The summed E-state index contributed by atoms with van der Waals surface area (Å²) >= 11 is 0. The summed E-state index contributed by atoms with van der Waals surface area (Å²) in [7, 11) is -4.18. The van der Waals surface area contributed by atoms with Crippen LogP contribution in [0.25, 0.3) is 0 Å². The lowest BCUT2D eigenvalue weighted by Gasteiger charge is -2.14. The van der Waals surface area contributed by atoms with Crippen molar-refractivity contribution in [2.24, 2.45) is 0 Å². The van der Waals surface area contributed by atoms with Gasteiger partial charge in [0, 0.05) is 0 Å². The van der Waals surface area contributed by atoms with Crippen molar-refractivity contribution in [1.82, 2.24) is 0 Å². The van der Waals surface area contributed by atoms with Gasteiger partial charge in [0.1, 0.15) is 11.9 Å². The summed E-state index contributed by atoms with van der Waals surface area (Å²) < 4.78 is 79.9. The summed E-state index contributed by atoms with van der Waals surface area (Å²) in [5.41, 5.74) is -1.04. The van der Waals surface area contributed by atoms with E-state index in [9.17, 15) is 31.1 Å². The van der Waals surface area contributed by atoms with Crippen molar-refractivity contribution in [2.75, 3.05) is 6.61 Å². The van der Waals surface area contributed by atoms with Crippen LogP contribution in [0, 0.1) is 12.7 Å². The first-order chi connectivity index (χ1) is 11.5. The fourth-order valence-electron chi connectivity index (χ4n) is 1.99. The molecule has 2 aromatic carbocycles. The highest BCUT2D eigenvalue weighted by Gasteiger charge is 2.34. The van der Waals surface area contributed by atoms with Gasteiger partial charge in [-0.25, -0.2) is 4.39 Å². The lowest BCUT2D eigenvalue weighted by Crippen LogP contribution is -2.15. The molecule has 0 aromatic heterocycles. The first-order valence-corrected chi connectivity index (χ1v) is 8.42. The van der Waals surface area contributed by atoms with Crippen LogP contribution in [0.3, 0.4) is 0 Å². The zero-order valence-corrected chi connectivity index (χ0v) is 13.7. The van der Waals surface area contributed by atoms with Crippen LogP contribution in [0.2, 0.25) is 0 Å². The van der Waals surface area contributed by atoms with Crippen LogP contribution in [-0.2, 0) is 20.5 Å². The van der Waals surface area contributed by atoms with E-state index in [0.29, 0.717) is 12.1 Å². The maximum atomic E-state index is 13.2. The SMILES string of the molecule is Cc1ccc(S(=O)(=O)OC[C@H](O)c2ccc(F)c(C(F)(F)F)c2)cc1. The Morgan fingerprint density at radius 2 is 1.72 bits per heavy atom. The van der Waals surface area contributed by atoms with E-state index >= 15 is 0 Å². The molecule has 25 heavy (non-hydrogen) atoms. The lowest BCUT2D eigenvalue weighted by molar-refractivity contribution is -0.140. The van der Waals surface area contributed by atoms with Gasteiger partial charge in [-0.05, 0) is 36.8 Å². The third-order valence-corrected chi connectivity index (χ3v) is 4.67. The van der Waals surface area contributed by atoms with Crippen LogP contribution >= 0.6 is 0 Å². The minimum absolute atomic E-state index is 0.152. The number of aliphatic hydroxyl groups excluding tert-OH is 1. The predicted molar refractivity (Wildman–Crippen MR) is 80.7 cm³/mol. The van der Waals surface area contributed by atoms with E-state index in [4.69, 9.17) is 0 Å². The monoisotopic (exact) mass is 378 g/mol. The molecule has 0 radical (unpaired) electrons. The molecule has 0 unspecified atom stereocenters. The Bertz CT molecular complexity index is 845. The molecular formula is C16H14F4O4S. The number of halogens is 4. The van der Waals surface area contributed by atoms with Gasteiger partial charge in [0.2, 0.25) is 0 Å². The molecular weight excluding hydrogens is 364 g/mol. The van der Waals surface area contributed by atoms with Gasteiger partial charge < -0.3 is 5.11 Å². The van der Waals surface area contributed by atoms with Crippen molar-refractivity contribution in [3.05, 3.63) is 65.0 Å². The fraction of sp³-hybridized carbons (Fsp3) is 0.250. The molecule has 0 heterocycles. The minimum atomic E-state index is -4.94. The Hall–Kier alpha value is -1.97. The molecule has 0 amide bonds. The number of hydrogen-bond acceptors (Lipinski definition) is 4. The van der Waals surface area contributed by atoms with Gasteiger partial charge in [-0.15, -0.1) is 0 Å². The van der Waals surface area contributed by atoms with E-state index in [1.807, 2.05) is 0 Å². The molecule has 4 nitrogen and oxygen atoms in total. The van der Waals surface area contributed by atoms with Crippen molar-refractivity contribution in [1.29, 1.82) is 0 Å². The fourth-order valence-corrected chi connectivity index (χ4v) is 2.90. The number of hydrogen-bond donors (Lipinski definition) is 1. The first-order valence-electron chi connectivity index (χ1n) is 7.01. The predicted octanol–water partition coefficient (Wildman–Crippen LogP) is 3.59. The van der Waals surface area contributed by atoms with Gasteiger partial charge in [0.15, 0.2) is 0 Å². The second-order valence-electron chi connectivity index (χ2n) is 5.30. The maximum Gasteiger partial charge on any atom is 0.419 e. The second kappa shape index (κ2) is 7.11. The number of alkyl halides is 3. The average molecular weight is 378 g/mol. The van der Waals surface area contributed by atoms with Crippen LogP contribution < -0.4 is 0 Å². The largest absolute Gasteiger partial charge is 0.419 e. The van der Waals surface area contributed by atoms with Crippen molar-refractivity contribution >= 4 is 10.1 Å². The van der Waals surface area contributed by atoms with Crippen LogP contribution in [-0.4, -0.2) is 20.1 Å². The van der Waals surface area contributed by atoms with E-state index in [1.54, 1.807) is 19.1 Å². The molecule has 0 aliphatic carbocycles. The molecule has 0 saturated carbocycles. The molecule has 0 fully saturated rings. The number of benzene rings is 2. The zero-order valence-electron chi connectivity index (χ0n) is 12.9. The van der Waals surface area contributed by atoms with Gasteiger partial charge in [-0.1, -0.05) is 23.8 Å². The summed E-state index contributed by atoms with van der Waals surface area (Å²) in [6.45, 7) is 0.951. The van der Waals surface area contributed by atoms with Crippen molar-refractivity contribution in [2.45, 2.75) is 24.1 Å². The van der Waals surface area contributed by atoms with E-state index in [2.05, 4.69) is 4.18 Å². The number of aliphatic hydroxyl groups is 1. The highest BCUT2D eigenvalue weighted by molar-refractivity contribution is 7.86. The van der Waals surface area contributed by atoms with E-state index in [0.717, 1.165) is 11.6 Å². The summed E-state index contributed by atoms with van der Waals surface area (Å²) in [6.07, 6.45) is -6.61. The Morgan fingerprint density at radius 3 is 2.28 bits per heavy atom. The Labute approximate surface area is 141 Å². The van der Waals surface area contributed by atoms with Crippen LogP contribution in [0.4, 0.5) is 17.6 Å². The van der Waals surface area contributed by atoms with E-state index in [-0.39, 0.29) is 10.5 Å².